The van der Waals surface area contributed by atoms with E-state index in [0.717, 1.165) is 45.2 Å². The highest BCUT2D eigenvalue weighted by molar-refractivity contribution is 7.98. The molecule has 0 unspecified atom stereocenters. The first-order chi connectivity index (χ1) is 13.1. The number of thiazole rings is 1. The smallest absolute Gasteiger partial charge is 0.259 e. The Labute approximate surface area is 168 Å². The predicted octanol–water partition coefficient (Wildman–Crippen LogP) is 4.55. The van der Waals surface area contributed by atoms with Crippen molar-refractivity contribution in [3.8, 4) is 0 Å². The fraction of sp³-hybridized carbons (Fsp3) is 0.368. The Morgan fingerprint density at radius 2 is 2.04 bits per heavy atom. The summed E-state index contributed by atoms with van der Waals surface area (Å²) in [6.07, 6.45) is 6.05. The van der Waals surface area contributed by atoms with E-state index >= 15 is 0 Å². The Morgan fingerprint density at radius 3 is 2.93 bits per heavy atom. The molecule has 0 aliphatic heterocycles. The Balaban J connectivity index is 1.50. The maximum atomic E-state index is 12.7. The molecule has 138 valence electrons. The summed E-state index contributed by atoms with van der Waals surface area (Å²) in [7, 11) is 0. The average Bonchev–Trinajstić information content (AvgIpc) is 3.18. The molecule has 4 aromatic rings. The minimum Gasteiger partial charge on any atom is -0.269 e. The van der Waals surface area contributed by atoms with Crippen LogP contribution in [0, 0.1) is 13.8 Å². The van der Waals surface area contributed by atoms with Crippen molar-refractivity contribution in [3.05, 3.63) is 49.5 Å². The zero-order valence-corrected chi connectivity index (χ0v) is 17.6. The number of fused-ring (bicyclic) bond motifs is 4. The zero-order chi connectivity index (χ0) is 18.5. The van der Waals surface area contributed by atoms with Crippen LogP contribution in [0.5, 0.6) is 0 Å². The van der Waals surface area contributed by atoms with Crippen LogP contribution in [0.4, 0.5) is 0 Å². The molecule has 0 fully saturated rings. The van der Waals surface area contributed by atoms with Gasteiger partial charge in [0.1, 0.15) is 16.2 Å². The maximum Gasteiger partial charge on any atom is 0.259 e. The molecule has 0 bridgehead atoms. The van der Waals surface area contributed by atoms with Gasteiger partial charge in [0.05, 0.1) is 5.69 Å². The van der Waals surface area contributed by atoms with Gasteiger partial charge < -0.3 is 0 Å². The number of thioether (sulfide) groups is 1. The maximum absolute atomic E-state index is 12.7. The molecule has 0 saturated heterocycles. The number of nitrogens with zero attached hydrogens (tertiary/aromatic N) is 4. The van der Waals surface area contributed by atoms with Crippen molar-refractivity contribution in [2.24, 2.45) is 0 Å². The Kier molecular flexibility index (Phi) is 4.29. The summed E-state index contributed by atoms with van der Waals surface area (Å²) in [6.45, 7) is 4.24. The molecule has 8 heteroatoms. The standard InChI is InChI=1S/C19H18N4OS3/c1-10-11(2)26-18-16(10)17(20-9-21-18)25-8-12-7-15(24)23-13-5-3-4-6-14(13)27-19(23)22-12/h7,9H,3-6,8H2,1-2H3. The molecule has 27 heavy (non-hydrogen) atoms. The van der Waals surface area contributed by atoms with E-state index in [2.05, 4.69) is 23.8 Å². The van der Waals surface area contributed by atoms with Crippen LogP contribution in [0.25, 0.3) is 15.2 Å². The van der Waals surface area contributed by atoms with Gasteiger partial charge in [-0.25, -0.2) is 15.0 Å². The number of rotatable bonds is 3. The first kappa shape index (κ1) is 17.3. The third-order valence-electron chi connectivity index (χ3n) is 5.10. The summed E-state index contributed by atoms with van der Waals surface area (Å²) in [5.41, 5.74) is 3.29. The molecule has 1 aliphatic rings. The highest BCUT2D eigenvalue weighted by atomic mass is 32.2. The molecule has 5 rings (SSSR count). The molecule has 4 aromatic heterocycles. The van der Waals surface area contributed by atoms with Gasteiger partial charge in [0.2, 0.25) is 0 Å². The van der Waals surface area contributed by atoms with Crippen LogP contribution in [0.15, 0.2) is 22.2 Å². The number of hydrogen-bond donors (Lipinski definition) is 0. The Morgan fingerprint density at radius 1 is 1.19 bits per heavy atom. The van der Waals surface area contributed by atoms with Gasteiger partial charge in [-0.1, -0.05) is 11.8 Å². The van der Waals surface area contributed by atoms with E-state index in [1.807, 2.05) is 4.40 Å². The fourth-order valence-corrected chi connectivity index (χ4v) is 6.86. The second-order valence-corrected chi connectivity index (χ2v) is 10.0. The van der Waals surface area contributed by atoms with E-state index in [1.165, 1.54) is 27.4 Å². The summed E-state index contributed by atoms with van der Waals surface area (Å²) in [4.78, 5) is 30.8. The van der Waals surface area contributed by atoms with E-state index in [1.54, 1.807) is 46.8 Å². The topological polar surface area (TPSA) is 60.2 Å². The monoisotopic (exact) mass is 414 g/mol. The van der Waals surface area contributed by atoms with Crippen LogP contribution < -0.4 is 5.56 Å². The quantitative estimate of drug-likeness (QED) is 0.364. The van der Waals surface area contributed by atoms with Gasteiger partial charge in [-0.05, 0) is 45.1 Å². The van der Waals surface area contributed by atoms with E-state index < -0.39 is 0 Å². The SMILES string of the molecule is Cc1sc2ncnc(SCc3cc(=O)n4c5c(sc4n3)CCCC5)c2c1C. The van der Waals surface area contributed by atoms with E-state index in [-0.39, 0.29) is 5.56 Å². The minimum atomic E-state index is 0.0467. The van der Waals surface area contributed by atoms with Crippen LogP contribution in [0.3, 0.4) is 0 Å². The summed E-state index contributed by atoms with van der Waals surface area (Å²) in [5, 5.41) is 2.10. The van der Waals surface area contributed by atoms with Crippen LogP contribution >= 0.6 is 34.4 Å². The van der Waals surface area contributed by atoms with Gasteiger partial charge in [0.15, 0.2) is 4.96 Å². The van der Waals surface area contributed by atoms with Crippen molar-refractivity contribution in [2.75, 3.05) is 0 Å². The molecule has 0 N–H and O–H groups in total. The molecular weight excluding hydrogens is 396 g/mol. The van der Waals surface area contributed by atoms with Gasteiger partial charge in [-0.3, -0.25) is 9.20 Å². The largest absolute Gasteiger partial charge is 0.269 e. The summed E-state index contributed by atoms with van der Waals surface area (Å²) in [6, 6.07) is 1.69. The van der Waals surface area contributed by atoms with Crippen LogP contribution in [-0.4, -0.2) is 19.4 Å². The number of aromatic nitrogens is 4. The average molecular weight is 415 g/mol. The van der Waals surface area contributed by atoms with Gasteiger partial charge in [0.25, 0.3) is 5.56 Å². The lowest BCUT2D eigenvalue weighted by molar-refractivity contribution is 0.670. The van der Waals surface area contributed by atoms with Crippen LogP contribution in [0.2, 0.25) is 0 Å². The van der Waals surface area contributed by atoms with Gasteiger partial charge in [0, 0.05) is 32.7 Å². The van der Waals surface area contributed by atoms with Gasteiger partial charge in [-0.2, -0.15) is 0 Å². The van der Waals surface area contributed by atoms with Crippen molar-refractivity contribution in [1.82, 2.24) is 19.4 Å². The normalized spacial score (nSPS) is 14.1. The van der Waals surface area contributed by atoms with Gasteiger partial charge >= 0.3 is 0 Å². The Bertz CT molecular complexity index is 1240. The molecule has 0 spiro atoms. The molecular formula is C19H18N4OS3. The van der Waals surface area contributed by atoms with Crippen molar-refractivity contribution >= 4 is 49.6 Å². The van der Waals surface area contributed by atoms with Crippen molar-refractivity contribution in [3.63, 3.8) is 0 Å². The van der Waals surface area contributed by atoms with Crippen LogP contribution in [-0.2, 0) is 18.6 Å². The molecule has 1 aliphatic carbocycles. The third-order valence-corrected chi connectivity index (χ3v) is 8.38. The van der Waals surface area contributed by atoms with Gasteiger partial charge in [-0.15, -0.1) is 22.7 Å². The highest BCUT2D eigenvalue weighted by Gasteiger charge is 2.19. The molecule has 0 amide bonds. The molecule has 0 saturated carbocycles. The lowest BCUT2D eigenvalue weighted by Gasteiger charge is -2.10. The number of aryl methyl sites for hydroxylation is 4. The molecule has 4 heterocycles. The summed E-state index contributed by atoms with van der Waals surface area (Å²) in [5.74, 6) is 0.634. The lowest BCUT2D eigenvalue weighted by atomic mass is 10.0. The molecule has 5 nitrogen and oxygen atoms in total. The summed E-state index contributed by atoms with van der Waals surface area (Å²) >= 11 is 5.01. The molecule has 0 radical (unpaired) electrons. The van der Waals surface area contributed by atoms with E-state index in [4.69, 9.17) is 4.98 Å². The predicted molar refractivity (Wildman–Crippen MR) is 112 cm³/mol. The lowest BCUT2D eigenvalue weighted by Crippen LogP contribution is -2.17. The van der Waals surface area contributed by atoms with Crippen LogP contribution in [0.1, 0.15) is 39.5 Å². The molecule has 0 atom stereocenters. The fourth-order valence-electron chi connectivity index (χ4n) is 3.62. The minimum absolute atomic E-state index is 0.0467. The second kappa shape index (κ2) is 6.68. The third kappa shape index (κ3) is 2.90. The number of thiophene rings is 1. The molecule has 0 aromatic carbocycles. The van der Waals surface area contributed by atoms with Crippen molar-refractivity contribution in [1.29, 1.82) is 0 Å². The number of hydrogen-bond acceptors (Lipinski definition) is 7. The first-order valence-electron chi connectivity index (χ1n) is 8.98. The Hall–Kier alpha value is -1.77. The van der Waals surface area contributed by atoms with Crippen molar-refractivity contribution < 1.29 is 0 Å². The first-order valence-corrected chi connectivity index (χ1v) is 11.6. The van der Waals surface area contributed by atoms with Crippen molar-refractivity contribution in [2.45, 2.75) is 50.3 Å². The summed E-state index contributed by atoms with van der Waals surface area (Å²) < 4.78 is 1.82. The highest BCUT2D eigenvalue weighted by Crippen LogP contribution is 2.35. The van der Waals surface area contributed by atoms with E-state index in [9.17, 15) is 4.79 Å². The zero-order valence-electron chi connectivity index (χ0n) is 15.1. The second-order valence-electron chi connectivity index (χ2n) is 6.81. The van der Waals surface area contributed by atoms with E-state index in [0.29, 0.717) is 5.75 Å².